The molecule has 0 saturated carbocycles. The van der Waals surface area contributed by atoms with Gasteiger partial charge in [-0.15, -0.1) is 0 Å². The highest BCUT2D eigenvalue weighted by Crippen LogP contribution is 2.41. The van der Waals surface area contributed by atoms with Crippen molar-refractivity contribution in [2.24, 2.45) is 0 Å². The molecule has 1 aliphatic heterocycles. The summed E-state index contributed by atoms with van der Waals surface area (Å²) in [6, 6.07) is 2.07. The summed E-state index contributed by atoms with van der Waals surface area (Å²) >= 11 is 6.24. The molecule has 1 fully saturated rings. The van der Waals surface area contributed by atoms with Crippen molar-refractivity contribution in [3.8, 4) is 5.75 Å². The maximum absolute atomic E-state index is 10.2. The summed E-state index contributed by atoms with van der Waals surface area (Å²) in [5, 5.41) is 14.0. The molecule has 4 heteroatoms. The number of phenolic OH excluding ortho intramolecular Hbond substituents is 1. The molecule has 1 aromatic rings. The van der Waals surface area contributed by atoms with Gasteiger partial charge in [0.05, 0.1) is 17.7 Å². The molecule has 0 aromatic heterocycles. The Morgan fingerprint density at radius 3 is 3.06 bits per heavy atom. The van der Waals surface area contributed by atoms with E-state index in [4.69, 9.17) is 16.3 Å². The number of hydrogen-bond acceptors (Lipinski definition) is 3. The lowest BCUT2D eigenvalue weighted by Gasteiger charge is -2.25. The minimum atomic E-state index is -0.0767. The van der Waals surface area contributed by atoms with Crippen LogP contribution in [0.15, 0.2) is 6.07 Å². The fourth-order valence-corrected chi connectivity index (χ4v) is 3.04. The number of rotatable bonds is 1. The summed E-state index contributed by atoms with van der Waals surface area (Å²) < 4.78 is 5.68. The molecule has 92 valence electrons. The first-order valence-electron chi connectivity index (χ1n) is 6.13. The van der Waals surface area contributed by atoms with Gasteiger partial charge in [0.1, 0.15) is 5.75 Å². The van der Waals surface area contributed by atoms with Crippen LogP contribution in [-0.2, 0) is 17.6 Å². The molecule has 3 rings (SSSR count). The zero-order chi connectivity index (χ0) is 11.8. The average Bonchev–Trinajstić information content (AvgIpc) is 2.83. The van der Waals surface area contributed by atoms with E-state index in [2.05, 4.69) is 11.4 Å². The molecule has 1 heterocycles. The predicted molar refractivity (Wildman–Crippen MR) is 66.7 cm³/mol. The third-order valence-electron chi connectivity index (χ3n) is 3.61. The number of morpholine rings is 1. The van der Waals surface area contributed by atoms with Crippen molar-refractivity contribution in [3.63, 3.8) is 0 Å². The number of aromatic hydroxyl groups is 1. The number of phenols is 1. The van der Waals surface area contributed by atoms with Gasteiger partial charge in [-0.25, -0.2) is 0 Å². The maximum Gasteiger partial charge on any atom is 0.140 e. The van der Waals surface area contributed by atoms with Crippen molar-refractivity contribution < 1.29 is 9.84 Å². The summed E-state index contributed by atoms with van der Waals surface area (Å²) in [7, 11) is 0. The molecule has 0 bridgehead atoms. The Hall–Kier alpha value is -0.770. The minimum absolute atomic E-state index is 0.0767. The van der Waals surface area contributed by atoms with E-state index in [9.17, 15) is 5.11 Å². The molecule has 1 aromatic carbocycles. The first kappa shape index (κ1) is 11.3. The van der Waals surface area contributed by atoms with Gasteiger partial charge in [0.25, 0.3) is 0 Å². The van der Waals surface area contributed by atoms with Gasteiger partial charge >= 0.3 is 0 Å². The molecule has 0 amide bonds. The molecule has 3 nitrogen and oxygen atoms in total. The van der Waals surface area contributed by atoms with E-state index in [0.29, 0.717) is 11.6 Å². The molecular weight excluding hydrogens is 238 g/mol. The largest absolute Gasteiger partial charge is 0.506 e. The monoisotopic (exact) mass is 253 g/mol. The van der Waals surface area contributed by atoms with Crippen molar-refractivity contribution in [1.82, 2.24) is 5.32 Å². The minimum Gasteiger partial charge on any atom is -0.506 e. The van der Waals surface area contributed by atoms with E-state index in [-0.39, 0.29) is 11.9 Å². The Bertz CT molecular complexity index is 442. The maximum atomic E-state index is 10.2. The number of nitrogens with one attached hydrogen (secondary N) is 1. The number of halogens is 1. The van der Waals surface area contributed by atoms with Gasteiger partial charge in [-0.05, 0) is 36.5 Å². The quantitative estimate of drug-likeness (QED) is 0.806. The Morgan fingerprint density at radius 1 is 1.41 bits per heavy atom. The van der Waals surface area contributed by atoms with Gasteiger partial charge in [0.15, 0.2) is 0 Å². The molecule has 0 spiro atoms. The molecule has 1 atom stereocenters. The number of aryl methyl sites for hydroxylation is 1. The van der Waals surface area contributed by atoms with Crippen LogP contribution in [-0.4, -0.2) is 24.8 Å². The Balaban J connectivity index is 2.01. The van der Waals surface area contributed by atoms with Gasteiger partial charge in [-0.1, -0.05) is 11.6 Å². The second-order valence-electron chi connectivity index (χ2n) is 4.68. The summed E-state index contributed by atoms with van der Waals surface area (Å²) in [5.74, 6) is 0.209. The van der Waals surface area contributed by atoms with Crippen LogP contribution in [0.2, 0.25) is 5.02 Å². The van der Waals surface area contributed by atoms with Crippen LogP contribution >= 0.6 is 11.6 Å². The Labute approximate surface area is 106 Å². The van der Waals surface area contributed by atoms with Crippen molar-refractivity contribution in [3.05, 3.63) is 27.8 Å². The van der Waals surface area contributed by atoms with Gasteiger partial charge in [-0.2, -0.15) is 0 Å². The van der Waals surface area contributed by atoms with E-state index < -0.39 is 0 Å². The number of hydrogen-bond donors (Lipinski definition) is 2. The topological polar surface area (TPSA) is 41.5 Å². The highest BCUT2D eigenvalue weighted by Gasteiger charge is 2.25. The van der Waals surface area contributed by atoms with Crippen LogP contribution in [0.5, 0.6) is 5.75 Å². The Kier molecular flexibility index (Phi) is 2.99. The Morgan fingerprint density at radius 2 is 2.29 bits per heavy atom. The normalized spacial score (nSPS) is 23.7. The van der Waals surface area contributed by atoms with Gasteiger partial charge in [0.2, 0.25) is 0 Å². The molecule has 1 unspecified atom stereocenters. The molecule has 0 radical (unpaired) electrons. The summed E-state index contributed by atoms with van der Waals surface area (Å²) in [6.45, 7) is 2.29. The van der Waals surface area contributed by atoms with Gasteiger partial charge in [0, 0.05) is 18.7 Å². The van der Waals surface area contributed by atoms with Crippen LogP contribution in [0.3, 0.4) is 0 Å². The third-order valence-corrected chi connectivity index (χ3v) is 4.02. The molecule has 1 saturated heterocycles. The summed E-state index contributed by atoms with van der Waals surface area (Å²) in [5.41, 5.74) is 3.23. The van der Waals surface area contributed by atoms with Crippen molar-refractivity contribution in [2.75, 3.05) is 19.7 Å². The predicted octanol–water partition coefficient (Wildman–Crippen LogP) is 2.20. The molecule has 17 heavy (non-hydrogen) atoms. The molecule has 2 aliphatic rings. The van der Waals surface area contributed by atoms with Gasteiger partial charge < -0.3 is 15.2 Å². The summed E-state index contributed by atoms with van der Waals surface area (Å²) in [6.07, 6.45) is 3.09. The van der Waals surface area contributed by atoms with Crippen LogP contribution in [0.4, 0.5) is 0 Å². The van der Waals surface area contributed by atoms with Crippen LogP contribution in [0.1, 0.15) is 29.2 Å². The zero-order valence-electron chi connectivity index (χ0n) is 9.63. The lowest BCUT2D eigenvalue weighted by atomic mass is 10.0. The van der Waals surface area contributed by atoms with Crippen molar-refractivity contribution >= 4 is 11.6 Å². The molecular formula is C13H16ClNO2. The van der Waals surface area contributed by atoms with Gasteiger partial charge in [-0.3, -0.25) is 0 Å². The van der Waals surface area contributed by atoms with E-state index in [1.54, 1.807) is 0 Å². The fraction of sp³-hybridized carbons (Fsp3) is 0.538. The lowest BCUT2D eigenvalue weighted by molar-refractivity contribution is 0.0263. The summed E-state index contributed by atoms with van der Waals surface area (Å²) in [4.78, 5) is 0. The highest BCUT2D eigenvalue weighted by molar-refractivity contribution is 6.33. The number of ether oxygens (including phenoxy) is 1. The fourth-order valence-electron chi connectivity index (χ4n) is 2.71. The van der Waals surface area contributed by atoms with E-state index in [1.165, 1.54) is 5.56 Å². The second-order valence-corrected chi connectivity index (χ2v) is 5.06. The first-order valence-corrected chi connectivity index (χ1v) is 6.50. The molecule has 1 aliphatic carbocycles. The standard InChI is InChI=1S/C13H16ClNO2/c14-12-9-3-1-2-8(9)6-10(13(12)16)11-7-15-4-5-17-11/h6,11,15-16H,1-5,7H2. The lowest BCUT2D eigenvalue weighted by Crippen LogP contribution is -2.33. The first-order chi connectivity index (χ1) is 8.27. The second kappa shape index (κ2) is 4.48. The number of benzene rings is 1. The smallest absolute Gasteiger partial charge is 0.140 e. The van der Waals surface area contributed by atoms with Crippen LogP contribution in [0.25, 0.3) is 0 Å². The molecule has 2 N–H and O–H groups in total. The van der Waals surface area contributed by atoms with Crippen LogP contribution in [0, 0.1) is 0 Å². The van der Waals surface area contributed by atoms with Crippen molar-refractivity contribution in [1.29, 1.82) is 0 Å². The highest BCUT2D eigenvalue weighted by atomic mass is 35.5. The third kappa shape index (κ3) is 1.92. The van der Waals surface area contributed by atoms with Crippen molar-refractivity contribution in [2.45, 2.75) is 25.4 Å². The van der Waals surface area contributed by atoms with Crippen LogP contribution < -0.4 is 5.32 Å². The average molecular weight is 254 g/mol. The zero-order valence-corrected chi connectivity index (χ0v) is 10.4. The SMILES string of the molecule is Oc1c(C2CNCCO2)cc2c(c1Cl)CCC2. The number of fused-ring (bicyclic) bond motifs is 1. The van der Waals surface area contributed by atoms with E-state index >= 15 is 0 Å². The van der Waals surface area contributed by atoms with E-state index in [0.717, 1.165) is 43.5 Å². The van der Waals surface area contributed by atoms with E-state index in [1.807, 2.05) is 0 Å².